The Hall–Kier alpha value is -3.54. The number of hydrogen-bond acceptors (Lipinski definition) is 4. The van der Waals surface area contributed by atoms with Crippen LogP contribution in [-0.4, -0.2) is 13.0 Å². The molecule has 0 saturated heterocycles. The zero-order chi connectivity index (χ0) is 24.8. The molecule has 0 unspecified atom stereocenters. The number of nitrogens with one attached hydrogen (secondary N) is 1. The summed E-state index contributed by atoms with van der Waals surface area (Å²) in [6.45, 7) is 0.276. The molecule has 0 radical (unpaired) electrons. The lowest BCUT2D eigenvalue weighted by atomic mass is 10.1. The number of amides is 1. The molecule has 174 valence electrons. The van der Waals surface area contributed by atoms with Crippen molar-refractivity contribution in [1.29, 1.82) is 5.26 Å². The van der Waals surface area contributed by atoms with Crippen molar-refractivity contribution in [2.24, 2.45) is 0 Å². The van der Waals surface area contributed by atoms with Gasteiger partial charge in [0.25, 0.3) is 5.91 Å². The minimum Gasteiger partial charge on any atom is -0.493 e. The zero-order valence-corrected chi connectivity index (χ0v) is 21.6. The first-order valence-corrected chi connectivity index (χ1v) is 12.1. The second-order valence-electron chi connectivity index (χ2n) is 7.56. The molecule has 0 aliphatic carbocycles. The van der Waals surface area contributed by atoms with Crippen LogP contribution in [0.2, 0.25) is 5.02 Å². The van der Waals surface area contributed by atoms with Gasteiger partial charge in [-0.1, -0.05) is 66.2 Å². The minimum atomic E-state index is -0.489. The number of benzene rings is 4. The number of rotatable bonds is 7. The molecule has 35 heavy (non-hydrogen) atoms. The number of halogens is 2. The maximum atomic E-state index is 12.9. The van der Waals surface area contributed by atoms with Gasteiger partial charge in [0.1, 0.15) is 18.2 Å². The quantitative estimate of drug-likeness (QED) is 0.139. The van der Waals surface area contributed by atoms with Crippen LogP contribution in [0.1, 0.15) is 11.1 Å². The third kappa shape index (κ3) is 5.76. The highest BCUT2D eigenvalue weighted by Crippen LogP contribution is 2.35. The number of hydrogen-bond donors (Lipinski definition) is 1. The maximum Gasteiger partial charge on any atom is 0.266 e. The first kappa shape index (κ1) is 24.6. The zero-order valence-electron chi connectivity index (χ0n) is 18.7. The number of nitrogens with zero attached hydrogens (tertiary/aromatic N) is 1. The third-order valence-electron chi connectivity index (χ3n) is 5.30. The van der Waals surface area contributed by atoms with E-state index in [2.05, 4.69) is 27.9 Å². The fourth-order valence-electron chi connectivity index (χ4n) is 3.57. The molecule has 0 bridgehead atoms. The lowest BCUT2D eigenvalue weighted by Crippen LogP contribution is -2.13. The van der Waals surface area contributed by atoms with E-state index in [1.807, 2.05) is 78.9 Å². The molecule has 0 atom stereocenters. The Kier molecular flexibility index (Phi) is 7.91. The standard InChI is InChI=1S/C28H20ClIN2O3/c1-34-26-15-18(14-24(30)27(26)35-17-20-8-3-5-11-23(20)29)13-21(16-31)28(33)32-25-12-6-9-19-7-2-4-10-22(19)25/h2-15H,17H2,1H3,(H,32,33)/b21-13+. The number of anilines is 1. The number of carbonyl (C=O) groups is 1. The monoisotopic (exact) mass is 594 g/mol. The molecule has 7 heteroatoms. The summed E-state index contributed by atoms with van der Waals surface area (Å²) in [6.07, 6.45) is 1.53. The summed E-state index contributed by atoms with van der Waals surface area (Å²) in [4.78, 5) is 12.9. The van der Waals surface area contributed by atoms with Crippen molar-refractivity contribution < 1.29 is 14.3 Å². The molecule has 5 nitrogen and oxygen atoms in total. The number of methoxy groups -OCH3 is 1. The summed E-state index contributed by atoms with van der Waals surface area (Å²) >= 11 is 8.37. The second kappa shape index (κ2) is 11.3. The number of ether oxygens (including phenoxy) is 2. The van der Waals surface area contributed by atoms with Crippen molar-refractivity contribution in [3.63, 3.8) is 0 Å². The van der Waals surface area contributed by atoms with Crippen molar-refractivity contribution in [1.82, 2.24) is 0 Å². The number of fused-ring (bicyclic) bond motifs is 1. The van der Waals surface area contributed by atoms with Gasteiger partial charge in [-0.25, -0.2) is 0 Å². The predicted octanol–water partition coefficient (Wildman–Crippen LogP) is 7.23. The maximum absolute atomic E-state index is 12.9. The van der Waals surface area contributed by atoms with Crippen LogP contribution in [-0.2, 0) is 11.4 Å². The summed E-state index contributed by atoms with van der Waals surface area (Å²) in [5, 5.41) is 15.1. The Morgan fingerprint density at radius 3 is 2.60 bits per heavy atom. The third-order valence-corrected chi connectivity index (χ3v) is 6.47. The van der Waals surface area contributed by atoms with Gasteiger partial charge in [-0.05, 0) is 63.9 Å². The Morgan fingerprint density at radius 1 is 1.09 bits per heavy atom. The SMILES string of the molecule is COc1cc(/C=C(\C#N)C(=O)Nc2cccc3ccccc23)cc(I)c1OCc1ccccc1Cl. The molecular formula is C28H20ClIN2O3. The van der Waals surface area contributed by atoms with Crippen LogP contribution in [0.5, 0.6) is 11.5 Å². The number of nitriles is 1. The molecule has 4 rings (SSSR count). The molecule has 0 heterocycles. The van der Waals surface area contributed by atoms with Gasteiger partial charge < -0.3 is 14.8 Å². The Balaban J connectivity index is 1.58. The van der Waals surface area contributed by atoms with Gasteiger partial charge in [0.05, 0.1) is 10.7 Å². The first-order valence-electron chi connectivity index (χ1n) is 10.6. The Morgan fingerprint density at radius 2 is 1.83 bits per heavy atom. The van der Waals surface area contributed by atoms with Gasteiger partial charge in [-0.15, -0.1) is 0 Å². The topological polar surface area (TPSA) is 71.3 Å². The van der Waals surface area contributed by atoms with Crippen LogP contribution >= 0.6 is 34.2 Å². The molecule has 4 aromatic carbocycles. The Labute approximate surface area is 222 Å². The fourth-order valence-corrected chi connectivity index (χ4v) is 4.54. The summed E-state index contributed by atoms with van der Waals surface area (Å²) in [5.74, 6) is 0.558. The van der Waals surface area contributed by atoms with E-state index in [9.17, 15) is 10.1 Å². The van der Waals surface area contributed by atoms with Gasteiger partial charge >= 0.3 is 0 Å². The van der Waals surface area contributed by atoms with E-state index >= 15 is 0 Å². The van der Waals surface area contributed by atoms with Crippen molar-refractivity contribution in [2.75, 3.05) is 12.4 Å². The lowest BCUT2D eigenvalue weighted by Gasteiger charge is -2.14. The van der Waals surface area contributed by atoms with E-state index in [-0.39, 0.29) is 12.2 Å². The minimum absolute atomic E-state index is 0.0273. The molecule has 1 amide bonds. The summed E-state index contributed by atoms with van der Waals surface area (Å²) in [7, 11) is 1.54. The highest BCUT2D eigenvalue weighted by atomic mass is 127. The van der Waals surface area contributed by atoms with Gasteiger partial charge in [-0.2, -0.15) is 5.26 Å². The Bertz CT molecular complexity index is 1470. The molecule has 1 N–H and O–H groups in total. The van der Waals surface area contributed by atoms with Gasteiger partial charge in [0.15, 0.2) is 11.5 Å². The van der Waals surface area contributed by atoms with Crippen molar-refractivity contribution in [3.8, 4) is 17.6 Å². The molecule has 0 aliphatic heterocycles. The van der Waals surface area contributed by atoms with Crippen LogP contribution in [0.25, 0.3) is 16.8 Å². The highest BCUT2D eigenvalue weighted by Gasteiger charge is 2.15. The average molecular weight is 595 g/mol. The molecule has 4 aromatic rings. The van der Waals surface area contributed by atoms with Crippen LogP contribution < -0.4 is 14.8 Å². The van der Waals surface area contributed by atoms with E-state index in [1.54, 1.807) is 13.2 Å². The summed E-state index contributed by atoms with van der Waals surface area (Å²) in [5.41, 5.74) is 2.11. The second-order valence-corrected chi connectivity index (χ2v) is 9.13. The van der Waals surface area contributed by atoms with Crippen LogP contribution in [0.4, 0.5) is 5.69 Å². The van der Waals surface area contributed by atoms with Crippen molar-refractivity contribution >= 4 is 62.6 Å². The van der Waals surface area contributed by atoms with E-state index in [0.717, 1.165) is 19.9 Å². The van der Waals surface area contributed by atoms with E-state index in [1.165, 1.54) is 6.08 Å². The molecule has 0 fully saturated rings. The summed E-state index contributed by atoms with van der Waals surface area (Å²) < 4.78 is 12.3. The van der Waals surface area contributed by atoms with E-state index in [4.69, 9.17) is 21.1 Å². The lowest BCUT2D eigenvalue weighted by molar-refractivity contribution is -0.112. The molecule has 0 aliphatic rings. The van der Waals surface area contributed by atoms with E-state index < -0.39 is 5.91 Å². The fraction of sp³-hybridized carbons (Fsp3) is 0.0714. The van der Waals surface area contributed by atoms with Gasteiger partial charge in [-0.3, -0.25) is 4.79 Å². The highest BCUT2D eigenvalue weighted by molar-refractivity contribution is 14.1. The smallest absolute Gasteiger partial charge is 0.266 e. The van der Waals surface area contributed by atoms with Crippen LogP contribution in [0.3, 0.4) is 0 Å². The van der Waals surface area contributed by atoms with Crippen LogP contribution in [0, 0.1) is 14.9 Å². The largest absolute Gasteiger partial charge is 0.493 e. The molecule has 0 spiro atoms. The van der Waals surface area contributed by atoms with Gasteiger partial charge in [0.2, 0.25) is 0 Å². The normalized spacial score (nSPS) is 11.1. The molecule has 0 saturated carbocycles. The van der Waals surface area contributed by atoms with E-state index in [0.29, 0.717) is 27.8 Å². The number of carbonyl (C=O) groups excluding carboxylic acids is 1. The first-order chi connectivity index (χ1) is 17.0. The van der Waals surface area contributed by atoms with Gasteiger partial charge in [0, 0.05) is 21.7 Å². The van der Waals surface area contributed by atoms with Crippen molar-refractivity contribution in [3.05, 3.63) is 104 Å². The molecule has 0 aromatic heterocycles. The average Bonchev–Trinajstić information content (AvgIpc) is 2.87. The molecular weight excluding hydrogens is 575 g/mol. The predicted molar refractivity (Wildman–Crippen MR) is 148 cm³/mol. The summed E-state index contributed by atoms with van der Waals surface area (Å²) in [6, 6.07) is 26.4. The van der Waals surface area contributed by atoms with Crippen LogP contribution in [0.15, 0.2) is 84.4 Å². The van der Waals surface area contributed by atoms with Crippen molar-refractivity contribution in [2.45, 2.75) is 6.61 Å².